The molecule has 1 atom stereocenters. The molecule has 2 aromatic rings. The summed E-state index contributed by atoms with van der Waals surface area (Å²) in [7, 11) is 0. The number of likely N-dealkylation sites (tertiary alicyclic amines) is 1. The van der Waals surface area contributed by atoms with Crippen LogP contribution in [0.25, 0.3) is 5.57 Å². The summed E-state index contributed by atoms with van der Waals surface area (Å²) in [6.45, 7) is 3.03. The molecule has 0 bridgehead atoms. The van der Waals surface area contributed by atoms with Gasteiger partial charge >= 0.3 is 0 Å². The van der Waals surface area contributed by atoms with E-state index < -0.39 is 0 Å². The number of rotatable bonds is 5. The fourth-order valence-corrected chi connectivity index (χ4v) is 3.26. The maximum Gasteiger partial charge on any atom is 0.247 e. The molecule has 2 amide bonds. The van der Waals surface area contributed by atoms with Crippen LogP contribution in [0.2, 0.25) is 0 Å². The average molecular weight is 348 g/mol. The Hall–Kier alpha value is -2.88. The van der Waals surface area contributed by atoms with Crippen LogP contribution in [0.4, 0.5) is 0 Å². The van der Waals surface area contributed by atoms with Gasteiger partial charge in [-0.15, -0.1) is 0 Å². The van der Waals surface area contributed by atoms with Crippen LogP contribution in [-0.4, -0.2) is 29.3 Å². The molecule has 134 valence electrons. The van der Waals surface area contributed by atoms with E-state index >= 15 is 0 Å². The summed E-state index contributed by atoms with van der Waals surface area (Å²) in [6.07, 6.45) is 3.20. The zero-order valence-corrected chi connectivity index (χ0v) is 15.0. The van der Waals surface area contributed by atoms with Crippen molar-refractivity contribution in [3.05, 3.63) is 77.9 Å². The van der Waals surface area contributed by atoms with Crippen LogP contribution in [0.15, 0.2) is 66.7 Å². The molecule has 0 spiro atoms. The number of nitrogens with zero attached hydrogens (tertiary/aromatic N) is 1. The van der Waals surface area contributed by atoms with E-state index in [0.717, 1.165) is 23.1 Å². The van der Waals surface area contributed by atoms with E-state index in [4.69, 9.17) is 0 Å². The van der Waals surface area contributed by atoms with Gasteiger partial charge in [0.2, 0.25) is 11.8 Å². The van der Waals surface area contributed by atoms with E-state index in [1.807, 2.05) is 67.6 Å². The van der Waals surface area contributed by atoms with Crippen LogP contribution < -0.4 is 5.32 Å². The van der Waals surface area contributed by atoms with Crippen molar-refractivity contribution in [3.8, 4) is 0 Å². The molecule has 1 fully saturated rings. The molecular weight excluding hydrogens is 324 g/mol. The third kappa shape index (κ3) is 4.39. The predicted octanol–water partition coefficient (Wildman–Crippen LogP) is 3.40. The van der Waals surface area contributed by atoms with Gasteiger partial charge in [0.1, 0.15) is 6.04 Å². The molecule has 2 aromatic carbocycles. The van der Waals surface area contributed by atoms with Crippen LogP contribution in [0.3, 0.4) is 0 Å². The first-order valence-corrected chi connectivity index (χ1v) is 9.01. The van der Waals surface area contributed by atoms with Gasteiger partial charge in [-0.25, -0.2) is 0 Å². The number of amides is 2. The lowest BCUT2D eigenvalue weighted by Gasteiger charge is -2.23. The molecule has 0 unspecified atom stereocenters. The quantitative estimate of drug-likeness (QED) is 0.842. The van der Waals surface area contributed by atoms with Crippen molar-refractivity contribution in [2.45, 2.75) is 32.4 Å². The van der Waals surface area contributed by atoms with E-state index in [0.29, 0.717) is 19.5 Å². The van der Waals surface area contributed by atoms with Gasteiger partial charge in [0.05, 0.1) is 0 Å². The number of allylic oxidation sites excluding steroid dienone is 1. The molecule has 1 N–H and O–H groups in total. The number of carbonyl (C=O) groups is 2. The number of benzene rings is 2. The number of nitrogens with one attached hydrogen (secondary N) is 1. The zero-order valence-electron chi connectivity index (χ0n) is 15.0. The second-order valence-corrected chi connectivity index (χ2v) is 6.59. The fraction of sp³-hybridized carbons (Fsp3) is 0.273. The summed E-state index contributed by atoms with van der Waals surface area (Å²) >= 11 is 0. The van der Waals surface area contributed by atoms with Crippen LogP contribution in [-0.2, 0) is 16.1 Å². The SMILES string of the molecule is C/C(=C\C(=O)N1CCC[C@H]1C(=O)NCc1ccccc1)c1ccccc1. The Morgan fingerprint density at radius 1 is 1.08 bits per heavy atom. The Kier molecular flexibility index (Phi) is 5.84. The van der Waals surface area contributed by atoms with E-state index in [2.05, 4.69) is 5.32 Å². The molecule has 0 saturated carbocycles. The third-order valence-electron chi connectivity index (χ3n) is 4.72. The summed E-state index contributed by atoms with van der Waals surface area (Å²) in [4.78, 5) is 26.9. The lowest BCUT2D eigenvalue weighted by atomic mass is 10.1. The molecule has 1 aliphatic rings. The average Bonchev–Trinajstić information content (AvgIpc) is 3.17. The molecule has 0 radical (unpaired) electrons. The number of hydrogen-bond donors (Lipinski definition) is 1. The largest absolute Gasteiger partial charge is 0.350 e. The molecule has 4 nitrogen and oxygen atoms in total. The molecule has 4 heteroatoms. The van der Waals surface area contributed by atoms with Crippen LogP contribution in [0.5, 0.6) is 0 Å². The Morgan fingerprint density at radius 3 is 2.42 bits per heavy atom. The zero-order chi connectivity index (χ0) is 18.4. The minimum Gasteiger partial charge on any atom is -0.350 e. The van der Waals surface area contributed by atoms with Crippen molar-refractivity contribution in [1.82, 2.24) is 10.2 Å². The lowest BCUT2D eigenvalue weighted by molar-refractivity contribution is -0.135. The highest BCUT2D eigenvalue weighted by molar-refractivity contribution is 5.98. The standard InChI is InChI=1S/C22H24N2O2/c1-17(19-11-6-3-7-12-19)15-21(25)24-14-8-13-20(24)22(26)23-16-18-9-4-2-5-10-18/h2-7,9-12,15,20H,8,13-14,16H2,1H3,(H,23,26)/b17-15+/t20-/m0/s1. The molecule has 1 aliphatic heterocycles. The second-order valence-electron chi connectivity index (χ2n) is 6.59. The Morgan fingerprint density at radius 2 is 1.73 bits per heavy atom. The van der Waals surface area contributed by atoms with E-state index in [1.54, 1.807) is 11.0 Å². The normalized spacial score (nSPS) is 17.2. The highest BCUT2D eigenvalue weighted by Gasteiger charge is 2.33. The summed E-state index contributed by atoms with van der Waals surface area (Å²) in [5.41, 5.74) is 2.98. The van der Waals surface area contributed by atoms with Crippen molar-refractivity contribution in [2.75, 3.05) is 6.54 Å². The first-order valence-electron chi connectivity index (χ1n) is 9.01. The highest BCUT2D eigenvalue weighted by atomic mass is 16.2. The van der Waals surface area contributed by atoms with Gasteiger partial charge in [-0.2, -0.15) is 0 Å². The molecular formula is C22H24N2O2. The van der Waals surface area contributed by atoms with Crippen molar-refractivity contribution < 1.29 is 9.59 Å². The summed E-state index contributed by atoms with van der Waals surface area (Å²) in [6, 6.07) is 19.2. The van der Waals surface area contributed by atoms with Crippen molar-refractivity contribution >= 4 is 17.4 Å². The van der Waals surface area contributed by atoms with Gasteiger partial charge in [0, 0.05) is 19.2 Å². The molecule has 1 heterocycles. The van der Waals surface area contributed by atoms with Crippen LogP contribution in [0.1, 0.15) is 30.9 Å². The second kappa shape index (κ2) is 8.48. The molecule has 3 rings (SSSR count). The monoisotopic (exact) mass is 348 g/mol. The van der Waals surface area contributed by atoms with E-state index in [-0.39, 0.29) is 17.9 Å². The summed E-state index contributed by atoms with van der Waals surface area (Å²) in [5.74, 6) is -0.172. The smallest absolute Gasteiger partial charge is 0.247 e. The summed E-state index contributed by atoms with van der Waals surface area (Å²) in [5, 5.41) is 2.96. The lowest BCUT2D eigenvalue weighted by Crippen LogP contribution is -2.45. The molecule has 0 aliphatic carbocycles. The number of carbonyl (C=O) groups excluding carboxylic acids is 2. The predicted molar refractivity (Wildman–Crippen MR) is 103 cm³/mol. The summed E-state index contributed by atoms with van der Waals surface area (Å²) < 4.78 is 0. The third-order valence-corrected chi connectivity index (χ3v) is 4.72. The Bertz CT molecular complexity index is 784. The van der Waals surface area contributed by atoms with Crippen LogP contribution >= 0.6 is 0 Å². The van der Waals surface area contributed by atoms with Crippen molar-refractivity contribution in [2.24, 2.45) is 0 Å². The maximum atomic E-state index is 12.7. The van der Waals surface area contributed by atoms with Gasteiger partial charge in [-0.3, -0.25) is 9.59 Å². The van der Waals surface area contributed by atoms with Gasteiger partial charge in [0.15, 0.2) is 0 Å². The van der Waals surface area contributed by atoms with Gasteiger partial charge in [0.25, 0.3) is 0 Å². The Balaban J connectivity index is 1.63. The maximum absolute atomic E-state index is 12.7. The minimum absolute atomic E-state index is 0.0783. The molecule has 0 aromatic heterocycles. The Labute approximate surface area is 154 Å². The minimum atomic E-state index is -0.383. The fourth-order valence-electron chi connectivity index (χ4n) is 3.26. The van der Waals surface area contributed by atoms with Crippen LogP contribution in [0, 0.1) is 0 Å². The van der Waals surface area contributed by atoms with E-state index in [1.165, 1.54) is 0 Å². The van der Waals surface area contributed by atoms with Gasteiger partial charge in [-0.1, -0.05) is 60.7 Å². The number of hydrogen-bond acceptors (Lipinski definition) is 2. The molecule has 26 heavy (non-hydrogen) atoms. The van der Waals surface area contributed by atoms with Crippen molar-refractivity contribution in [1.29, 1.82) is 0 Å². The first-order chi connectivity index (χ1) is 12.6. The highest BCUT2D eigenvalue weighted by Crippen LogP contribution is 2.20. The first kappa shape index (κ1) is 17.9. The molecule has 1 saturated heterocycles. The van der Waals surface area contributed by atoms with E-state index in [9.17, 15) is 9.59 Å². The van der Waals surface area contributed by atoms with Gasteiger partial charge in [-0.05, 0) is 36.5 Å². The topological polar surface area (TPSA) is 49.4 Å². The van der Waals surface area contributed by atoms with Gasteiger partial charge < -0.3 is 10.2 Å². The van der Waals surface area contributed by atoms with Crippen molar-refractivity contribution in [3.63, 3.8) is 0 Å².